The van der Waals surface area contributed by atoms with E-state index in [2.05, 4.69) is 15.5 Å². The van der Waals surface area contributed by atoms with E-state index in [0.29, 0.717) is 23.4 Å². The molecule has 6 heteroatoms. The summed E-state index contributed by atoms with van der Waals surface area (Å²) < 4.78 is 5.09. The molecule has 0 aliphatic rings. The number of nitrogens with one attached hydrogen (secondary N) is 2. The fourth-order valence-electron chi connectivity index (χ4n) is 2.38. The molecule has 138 valence electrons. The summed E-state index contributed by atoms with van der Waals surface area (Å²) in [5.74, 6) is 0.274. The van der Waals surface area contributed by atoms with Crippen LogP contribution < -0.4 is 15.4 Å². The molecule has 0 radical (unpaired) electrons. The molecule has 0 unspecified atom stereocenters. The van der Waals surface area contributed by atoms with Gasteiger partial charge in [0.2, 0.25) is 0 Å². The Morgan fingerprint density at radius 3 is 2.27 bits per heavy atom. The van der Waals surface area contributed by atoms with Gasteiger partial charge in [0.05, 0.1) is 7.11 Å². The first-order valence-corrected chi connectivity index (χ1v) is 8.48. The van der Waals surface area contributed by atoms with Gasteiger partial charge in [0.15, 0.2) is 0 Å². The average Bonchev–Trinajstić information content (AvgIpc) is 2.65. The van der Waals surface area contributed by atoms with Crippen LogP contribution in [0.5, 0.6) is 5.75 Å². The maximum atomic E-state index is 12.4. The number of hydrogen-bond donors (Lipinski definition) is 2. The molecule has 0 fully saturated rings. The second-order valence-corrected chi connectivity index (χ2v) is 6.18. The van der Waals surface area contributed by atoms with Gasteiger partial charge in [-0.3, -0.25) is 9.59 Å². The lowest BCUT2D eigenvalue weighted by atomic mass is 10.1. The third-order valence-electron chi connectivity index (χ3n) is 3.80. The summed E-state index contributed by atoms with van der Waals surface area (Å²) in [6.45, 7) is 1.50. The highest BCUT2D eigenvalue weighted by Gasteiger charge is 2.10. The van der Waals surface area contributed by atoms with E-state index in [0.717, 1.165) is 18.7 Å². The monoisotopic (exact) mass is 355 g/mol. The Kier molecular flexibility index (Phi) is 7.17. The van der Waals surface area contributed by atoms with E-state index in [1.54, 1.807) is 55.6 Å². The molecule has 6 nitrogen and oxygen atoms in total. The minimum atomic E-state index is -0.266. The van der Waals surface area contributed by atoms with Gasteiger partial charge in [0.25, 0.3) is 11.8 Å². The van der Waals surface area contributed by atoms with Crippen LogP contribution in [0.3, 0.4) is 0 Å². The van der Waals surface area contributed by atoms with Crippen molar-refractivity contribution in [2.24, 2.45) is 0 Å². The van der Waals surface area contributed by atoms with Gasteiger partial charge in [-0.15, -0.1) is 0 Å². The highest BCUT2D eigenvalue weighted by atomic mass is 16.5. The second-order valence-electron chi connectivity index (χ2n) is 6.18. The molecular formula is C20H25N3O3. The molecule has 0 saturated heterocycles. The molecule has 0 spiro atoms. The van der Waals surface area contributed by atoms with E-state index in [1.807, 2.05) is 14.1 Å². The van der Waals surface area contributed by atoms with Crippen LogP contribution in [-0.4, -0.2) is 51.0 Å². The Morgan fingerprint density at radius 1 is 1.00 bits per heavy atom. The molecule has 26 heavy (non-hydrogen) atoms. The molecule has 2 aromatic carbocycles. The Bertz CT molecular complexity index is 742. The Hall–Kier alpha value is -2.86. The van der Waals surface area contributed by atoms with Crippen LogP contribution in [0.1, 0.15) is 27.1 Å². The van der Waals surface area contributed by atoms with Crippen molar-refractivity contribution in [1.29, 1.82) is 0 Å². The largest absolute Gasteiger partial charge is 0.497 e. The topological polar surface area (TPSA) is 70.7 Å². The number of benzene rings is 2. The molecule has 0 saturated carbocycles. The molecule has 0 aromatic heterocycles. The summed E-state index contributed by atoms with van der Waals surface area (Å²) >= 11 is 0. The smallest absolute Gasteiger partial charge is 0.255 e. The summed E-state index contributed by atoms with van der Waals surface area (Å²) in [6.07, 6.45) is 0.871. The van der Waals surface area contributed by atoms with Gasteiger partial charge in [-0.2, -0.15) is 0 Å². The number of carbonyl (C=O) groups excluding carboxylic acids is 2. The van der Waals surface area contributed by atoms with E-state index in [4.69, 9.17) is 4.74 Å². The van der Waals surface area contributed by atoms with Gasteiger partial charge in [-0.1, -0.05) is 6.07 Å². The van der Waals surface area contributed by atoms with E-state index in [9.17, 15) is 9.59 Å². The molecule has 2 rings (SSSR count). The van der Waals surface area contributed by atoms with Crippen LogP contribution in [0, 0.1) is 0 Å². The summed E-state index contributed by atoms with van der Waals surface area (Å²) in [6, 6.07) is 13.8. The van der Waals surface area contributed by atoms with Crippen LogP contribution in [0.15, 0.2) is 48.5 Å². The van der Waals surface area contributed by atoms with Crippen LogP contribution in [-0.2, 0) is 0 Å². The highest BCUT2D eigenvalue weighted by Crippen LogP contribution is 2.16. The quantitative estimate of drug-likeness (QED) is 0.714. The van der Waals surface area contributed by atoms with Gasteiger partial charge in [0.1, 0.15) is 5.75 Å². The summed E-state index contributed by atoms with van der Waals surface area (Å²) in [4.78, 5) is 26.7. The fourth-order valence-corrected chi connectivity index (χ4v) is 2.38. The number of amides is 2. The van der Waals surface area contributed by atoms with Crippen molar-refractivity contribution in [2.45, 2.75) is 6.42 Å². The van der Waals surface area contributed by atoms with E-state index in [-0.39, 0.29) is 11.8 Å². The zero-order valence-corrected chi connectivity index (χ0v) is 15.4. The zero-order valence-electron chi connectivity index (χ0n) is 15.4. The number of rotatable bonds is 8. The minimum absolute atomic E-state index is 0.178. The summed E-state index contributed by atoms with van der Waals surface area (Å²) in [5.41, 5.74) is 1.56. The van der Waals surface area contributed by atoms with Crippen molar-refractivity contribution in [3.8, 4) is 5.75 Å². The maximum absolute atomic E-state index is 12.4. The van der Waals surface area contributed by atoms with Crippen molar-refractivity contribution in [3.05, 3.63) is 59.7 Å². The Balaban J connectivity index is 1.96. The lowest BCUT2D eigenvalue weighted by Gasteiger charge is -2.10. The van der Waals surface area contributed by atoms with Crippen LogP contribution in [0.4, 0.5) is 5.69 Å². The molecule has 0 atom stereocenters. The zero-order chi connectivity index (χ0) is 18.9. The lowest BCUT2D eigenvalue weighted by molar-refractivity contribution is 0.0952. The van der Waals surface area contributed by atoms with Gasteiger partial charge >= 0.3 is 0 Å². The number of nitrogens with zero attached hydrogens (tertiary/aromatic N) is 1. The third kappa shape index (κ3) is 5.89. The van der Waals surface area contributed by atoms with Crippen molar-refractivity contribution in [3.63, 3.8) is 0 Å². The third-order valence-corrected chi connectivity index (χ3v) is 3.80. The van der Waals surface area contributed by atoms with Crippen LogP contribution in [0.25, 0.3) is 0 Å². The van der Waals surface area contributed by atoms with Gasteiger partial charge in [-0.25, -0.2) is 0 Å². The summed E-state index contributed by atoms with van der Waals surface area (Å²) in [7, 11) is 5.57. The molecule has 2 N–H and O–H groups in total. The van der Waals surface area contributed by atoms with Gasteiger partial charge < -0.3 is 20.3 Å². The molecule has 0 aliphatic carbocycles. The number of ether oxygens (including phenoxy) is 1. The second kappa shape index (κ2) is 9.58. The number of methoxy groups -OCH3 is 1. The first-order chi connectivity index (χ1) is 12.5. The van der Waals surface area contributed by atoms with Crippen molar-refractivity contribution >= 4 is 17.5 Å². The Morgan fingerprint density at radius 2 is 1.65 bits per heavy atom. The van der Waals surface area contributed by atoms with E-state index < -0.39 is 0 Å². The summed E-state index contributed by atoms with van der Waals surface area (Å²) in [5, 5.41) is 5.68. The first-order valence-electron chi connectivity index (χ1n) is 8.48. The molecule has 0 bridgehead atoms. The maximum Gasteiger partial charge on any atom is 0.255 e. The van der Waals surface area contributed by atoms with Crippen molar-refractivity contribution in [1.82, 2.24) is 10.2 Å². The van der Waals surface area contributed by atoms with Crippen molar-refractivity contribution in [2.75, 3.05) is 39.6 Å². The molecule has 2 aromatic rings. The van der Waals surface area contributed by atoms with Gasteiger partial charge in [0, 0.05) is 23.4 Å². The van der Waals surface area contributed by atoms with E-state index >= 15 is 0 Å². The number of hydrogen-bond acceptors (Lipinski definition) is 4. The standard InChI is InChI=1S/C20H25N3O3/c1-23(2)13-5-12-21-19(24)15-6-4-7-16(14-15)20(25)22-17-8-10-18(26-3)11-9-17/h4,6-11,14H,5,12-13H2,1-3H3,(H,21,24)(H,22,25). The Labute approximate surface area is 154 Å². The van der Waals surface area contributed by atoms with Crippen molar-refractivity contribution < 1.29 is 14.3 Å². The lowest BCUT2D eigenvalue weighted by Crippen LogP contribution is -2.27. The highest BCUT2D eigenvalue weighted by molar-refractivity contribution is 6.06. The number of carbonyl (C=O) groups is 2. The normalized spacial score (nSPS) is 10.5. The SMILES string of the molecule is COc1ccc(NC(=O)c2cccc(C(=O)NCCCN(C)C)c2)cc1. The molecule has 0 aliphatic heterocycles. The number of anilines is 1. The average molecular weight is 355 g/mol. The van der Waals surface area contributed by atoms with Crippen LogP contribution >= 0.6 is 0 Å². The fraction of sp³-hybridized carbons (Fsp3) is 0.300. The molecular weight excluding hydrogens is 330 g/mol. The first kappa shape index (κ1) is 19.5. The van der Waals surface area contributed by atoms with E-state index in [1.165, 1.54) is 0 Å². The van der Waals surface area contributed by atoms with Gasteiger partial charge in [-0.05, 0) is 69.5 Å². The predicted molar refractivity (Wildman–Crippen MR) is 103 cm³/mol. The molecule has 0 heterocycles. The van der Waals surface area contributed by atoms with Crippen LogP contribution in [0.2, 0.25) is 0 Å². The predicted octanol–water partition coefficient (Wildman–Crippen LogP) is 2.63. The minimum Gasteiger partial charge on any atom is -0.497 e. The molecule has 2 amide bonds.